The second-order valence-electron chi connectivity index (χ2n) is 7.89. The van der Waals surface area contributed by atoms with Gasteiger partial charge in [0.1, 0.15) is 4.11 Å². The van der Waals surface area contributed by atoms with Crippen molar-refractivity contribution >= 4 is 22.6 Å². The quantitative estimate of drug-likeness (QED) is 0.358. The summed E-state index contributed by atoms with van der Waals surface area (Å²) in [6, 6.07) is 0. The molecular weight excluding hydrogens is 409 g/mol. The van der Waals surface area contributed by atoms with E-state index in [1.54, 1.807) is 0 Å². The molecule has 2 atom stereocenters. The van der Waals surface area contributed by atoms with Crippen LogP contribution in [0.1, 0.15) is 64.2 Å². The van der Waals surface area contributed by atoms with Gasteiger partial charge in [0, 0.05) is 0 Å². The maximum Gasteiger partial charge on any atom is 0.266 e. The van der Waals surface area contributed by atoms with E-state index in [0.29, 0.717) is 4.11 Å². The minimum Gasteiger partial charge on any atom is -0.368 e. The Morgan fingerprint density at radius 3 is 1.70 bits per heavy atom. The Kier molecular flexibility index (Phi) is 6.76. The molecule has 1 saturated heterocycles. The van der Waals surface area contributed by atoms with Crippen LogP contribution in [-0.4, -0.2) is 10.7 Å². The maximum absolute atomic E-state index is 12.4. The SMILES string of the molecule is FC(F)=CC1CCC(C2CCC(C3CCC(I)OC3)CC2)CC1. The third-order valence-electron chi connectivity index (χ3n) is 6.58. The molecule has 0 amide bonds. The molecule has 3 rings (SSSR count). The molecule has 2 aliphatic carbocycles. The molecule has 0 radical (unpaired) electrons. The summed E-state index contributed by atoms with van der Waals surface area (Å²) in [6.07, 6.45) is 12.0. The molecule has 1 heterocycles. The van der Waals surface area contributed by atoms with E-state index in [1.165, 1.54) is 44.6 Å². The van der Waals surface area contributed by atoms with Crippen molar-refractivity contribution in [3.63, 3.8) is 0 Å². The van der Waals surface area contributed by atoms with E-state index in [9.17, 15) is 8.78 Å². The first-order chi connectivity index (χ1) is 11.1. The van der Waals surface area contributed by atoms with Crippen LogP contribution >= 0.6 is 22.6 Å². The van der Waals surface area contributed by atoms with Crippen molar-refractivity contribution in [2.45, 2.75) is 68.3 Å². The zero-order chi connectivity index (χ0) is 16.2. The zero-order valence-electron chi connectivity index (χ0n) is 13.9. The minimum atomic E-state index is -1.49. The Morgan fingerprint density at radius 2 is 1.22 bits per heavy atom. The average molecular weight is 438 g/mol. The van der Waals surface area contributed by atoms with E-state index in [-0.39, 0.29) is 5.92 Å². The van der Waals surface area contributed by atoms with Gasteiger partial charge in [-0.25, -0.2) is 0 Å². The molecule has 0 N–H and O–H groups in total. The summed E-state index contributed by atoms with van der Waals surface area (Å²) < 4.78 is 31.0. The van der Waals surface area contributed by atoms with E-state index in [0.717, 1.165) is 56.0 Å². The molecule has 3 aliphatic rings. The Bertz CT molecular complexity index is 386. The van der Waals surface area contributed by atoms with Gasteiger partial charge in [0.05, 0.1) is 6.61 Å². The molecule has 2 unspecified atom stereocenters. The topological polar surface area (TPSA) is 9.23 Å². The fourth-order valence-corrected chi connectivity index (χ4v) is 5.73. The molecule has 4 heteroatoms. The van der Waals surface area contributed by atoms with Crippen LogP contribution in [0.4, 0.5) is 8.78 Å². The van der Waals surface area contributed by atoms with Crippen LogP contribution in [0.3, 0.4) is 0 Å². The lowest BCUT2D eigenvalue weighted by Crippen LogP contribution is -2.32. The van der Waals surface area contributed by atoms with Gasteiger partial charge in [-0.1, -0.05) is 22.6 Å². The van der Waals surface area contributed by atoms with E-state index in [2.05, 4.69) is 22.6 Å². The number of rotatable bonds is 3. The summed E-state index contributed by atoms with van der Waals surface area (Å²) in [6.45, 7) is 0.967. The fraction of sp³-hybridized carbons (Fsp3) is 0.895. The monoisotopic (exact) mass is 438 g/mol. The summed E-state index contributed by atoms with van der Waals surface area (Å²) in [7, 11) is 0. The summed E-state index contributed by atoms with van der Waals surface area (Å²) >= 11 is 2.41. The van der Waals surface area contributed by atoms with E-state index in [1.807, 2.05) is 0 Å². The van der Waals surface area contributed by atoms with Crippen molar-refractivity contribution in [1.82, 2.24) is 0 Å². The molecule has 0 aromatic carbocycles. The van der Waals surface area contributed by atoms with Crippen molar-refractivity contribution < 1.29 is 13.5 Å². The van der Waals surface area contributed by atoms with Crippen LogP contribution in [0.15, 0.2) is 12.2 Å². The van der Waals surface area contributed by atoms with Gasteiger partial charge in [0.25, 0.3) is 6.08 Å². The maximum atomic E-state index is 12.4. The molecule has 132 valence electrons. The number of halogens is 3. The summed E-state index contributed by atoms with van der Waals surface area (Å²) in [4.78, 5) is 0. The third kappa shape index (κ3) is 5.13. The van der Waals surface area contributed by atoms with Crippen molar-refractivity contribution in [1.29, 1.82) is 0 Å². The van der Waals surface area contributed by atoms with Gasteiger partial charge >= 0.3 is 0 Å². The smallest absolute Gasteiger partial charge is 0.266 e. The molecule has 23 heavy (non-hydrogen) atoms. The second-order valence-corrected chi connectivity index (χ2v) is 9.28. The van der Waals surface area contributed by atoms with Gasteiger partial charge < -0.3 is 4.74 Å². The van der Waals surface area contributed by atoms with E-state index >= 15 is 0 Å². The molecule has 0 spiro atoms. The third-order valence-corrected chi connectivity index (χ3v) is 7.57. The molecule has 2 saturated carbocycles. The lowest BCUT2D eigenvalue weighted by atomic mass is 9.67. The minimum absolute atomic E-state index is 0.133. The predicted molar refractivity (Wildman–Crippen MR) is 97.7 cm³/mol. The van der Waals surface area contributed by atoms with Crippen molar-refractivity contribution in [2.24, 2.45) is 29.6 Å². The number of hydrogen-bond acceptors (Lipinski definition) is 1. The summed E-state index contributed by atoms with van der Waals surface area (Å²) in [5.41, 5.74) is 0. The van der Waals surface area contributed by atoms with Crippen LogP contribution in [0, 0.1) is 29.6 Å². The highest BCUT2D eigenvalue weighted by atomic mass is 127. The number of hydrogen-bond donors (Lipinski definition) is 0. The van der Waals surface area contributed by atoms with Crippen molar-refractivity contribution in [3.05, 3.63) is 12.2 Å². The zero-order valence-corrected chi connectivity index (χ0v) is 16.0. The van der Waals surface area contributed by atoms with Gasteiger partial charge in [-0.05, 0) is 99.9 Å². The van der Waals surface area contributed by atoms with Crippen LogP contribution in [0.2, 0.25) is 0 Å². The van der Waals surface area contributed by atoms with Crippen LogP contribution in [0.5, 0.6) is 0 Å². The number of allylic oxidation sites excluding steroid dienone is 1. The number of alkyl halides is 1. The lowest BCUT2D eigenvalue weighted by molar-refractivity contribution is 0.00527. The molecule has 1 nitrogen and oxygen atoms in total. The first-order valence-electron chi connectivity index (χ1n) is 9.40. The Labute approximate surface area is 152 Å². The van der Waals surface area contributed by atoms with Gasteiger partial charge in [0.2, 0.25) is 0 Å². The molecule has 3 fully saturated rings. The first kappa shape index (κ1) is 18.1. The van der Waals surface area contributed by atoms with Crippen LogP contribution in [0.25, 0.3) is 0 Å². The lowest BCUT2D eigenvalue weighted by Gasteiger charge is -2.40. The standard InChI is InChI=1S/C19H29F2IO/c20-18(21)11-13-1-3-14(4-2-13)15-5-7-16(8-6-15)17-9-10-19(22)23-12-17/h11,13-17,19H,1-10,12H2. The number of ether oxygens (including phenoxy) is 1. The largest absolute Gasteiger partial charge is 0.368 e. The highest BCUT2D eigenvalue weighted by Crippen LogP contribution is 2.44. The predicted octanol–water partition coefficient (Wildman–Crippen LogP) is 6.57. The van der Waals surface area contributed by atoms with Crippen LogP contribution in [-0.2, 0) is 4.74 Å². The highest BCUT2D eigenvalue weighted by Gasteiger charge is 2.34. The molecule has 0 bridgehead atoms. The van der Waals surface area contributed by atoms with Crippen molar-refractivity contribution in [3.8, 4) is 0 Å². The fourth-order valence-electron chi connectivity index (χ4n) is 5.16. The molecule has 0 aromatic heterocycles. The Morgan fingerprint density at radius 1 is 0.739 bits per heavy atom. The second kappa shape index (κ2) is 8.59. The normalized spacial score (nSPS) is 42.2. The van der Waals surface area contributed by atoms with E-state index in [4.69, 9.17) is 4.74 Å². The summed E-state index contributed by atoms with van der Waals surface area (Å²) in [5.74, 6) is 3.44. The summed E-state index contributed by atoms with van der Waals surface area (Å²) in [5, 5.41) is 0. The van der Waals surface area contributed by atoms with Gasteiger partial charge in [0.15, 0.2) is 0 Å². The average Bonchev–Trinajstić information content (AvgIpc) is 2.56. The van der Waals surface area contributed by atoms with Gasteiger partial charge in [-0.15, -0.1) is 0 Å². The van der Waals surface area contributed by atoms with Gasteiger partial charge in [-0.3, -0.25) is 0 Å². The van der Waals surface area contributed by atoms with E-state index < -0.39 is 6.08 Å². The molecular formula is C19H29F2IO. The Hall–Kier alpha value is 0.290. The highest BCUT2D eigenvalue weighted by molar-refractivity contribution is 14.1. The molecule has 0 aromatic rings. The first-order valence-corrected chi connectivity index (χ1v) is 10.6. The molecule has 1 aliphatic heterocycles. The van der Waals surface area contributed by atoms with Crippen LogP contribution < -0.4 is 0 Å². The van der Waals surface area contributed by atoms with Crippen molar-refractivity contribution in [2.75, 3.05) is 6.61 Å². The van der Waals surface area contributed by atoms with Gasteiger partial charge in [-0.2, -0.15) is 8.78 Å². The Balaban J connectivity index is 1.40.